The van der Waals surface area contributed by atoms with Crippen molar-refractivity contribution in [1.29, 1.82) is 0 Å². The van der Waals surface area contributed by atoms with Crippen LogP contribution >= 0.6 is 24.0 Å². The molecular formula is C19H38IN5O. The molecule has 2 rings (SSSR count). The molecule has 3 unspecified atom stereocenters. The maximum Gasteiger partial charge on any atom is 0.223 e. The highest BCUT2D eigenvalue weighted by atomic mass is 127. The van der Waals surface area contributed by atoms with Crippen LogP contribution in [0.5, 0.6) is 0 Å². The third-order valence-electron chi connectivity index (χ3n) is 5.32. The monoisotopic (exact) mass is 479 g/mol. The van der Waals surface area contributed by atoms with Crippen LogP contribution in [0.1, 0.15) is 52.4 Å². The van der Waals surface area contributed by atoms with E-state index in [-0.39, 0.29) is 41.8 Å². The number of carbonyl (C=O) groups excluding carboxylic acids is 1. The highest BCUT2D eigenvalue weighted by Gasteiger charge is 2.28. The van der Waals surface area contributed by atoms with Crippen molar-refractivity contribution in [2.24, 2.45) is 16.8 Å². The minimum atomic E-state index is 0. The van der Waals surface area contributed by atoms with Crippen LogP contribution in [-0.4, -0.2) is 62.6 Å². The Balaban J connectivity index is 0.00000338. The second kappa shape index (κ2) is 12.0. The van der Waals surface area contributed by atoms with Gasteiger partial charge in [-0.3, -0.25) is 9.79 Å². The number of carbonyl (C=O) groups is 1. The standard InChI is InChI=1S/C19H37N5O.HI/c1-14(2)22-18(25)16-8-5-9-17(11-16)23-19(20-3)21-12-15-7-6-10-24(4)13-15;/h14-17H,5-13H2,1-4H3,(H,22,25)(H2,20,21,23);1H. The summed E-state index contributed by atoms with van der Waals surface area (Å²) in [7, 11) is 4.03. The van der Waals surface area contributed by atoms with Crippen LogP contribution in [0.15, 0.2) is 4.99 Å². The summed E-state index contributed by atoms with van der Waals surface area (Å²) in [4.78, 5) is 19.1. The van der Waals surface area contributed by atoms with Crippen molar-refractivity contribution >= 4 is 35.8 Å². The lowest BCUT2D eigenvalue weighted by Crippen LogP contribution is -2.49. The van der Waals surface area contributed by atoms with Gasteiger partial charge in [-0.1, -0.05) is 6.42 Å². The minimum absolute atomic E-state index is 0. The zero-order valence-electron chi connectivity index (χ0n) is 16.9. The molecule has 0 bridgehead atoms. The lowest BCUT2D eigenvalue weighted by atomic mass is 9.85. The van der Waals surface area contributed by atoms with Crippen molar-refractivity contribution in [3.05, 3.63) is 0 Å². The molecule has 1 heterocycles. The maximum absolute atomic E-state index is 12.3. The number of halogens is 1. The highest BCUT2D eigenvalue weighted by molar-refractivity contribution is 14.0. The van der Waals surface area contributed by atoms with Gasteiger partial charge >= 0.3 is 0 Å². The molecule has 0 radical (unpaired) electrons. The van der Waals surface area contributed by atoms with Crippen LogP contribution in [0.3, 0.4) is 0 Å². The Kier molecular flexibility index (Phi) is 10.8. The van der Waals surface area contributed by atoms with Gasteiger partial charge in [-0.05, 0) is 65.5 Å². The van der Waals surface area contributed by atoms with Gasteiger partial charge in [-0.2, -0.15) is 0 Å². The lowest BCUT2D eigenvalue weighted by Gasteiger charge is -2.32. The number of guanidine groups is 1. The first-order valence-electron chi connectivity index (χ1n) is 9.94. The topological polar surface area (TPSA) is 68.8 Å². The molecule has 1 aliphatic heterocycles. The molecule has 2 fully saturated rings. The van der Waals surface area contributed by atoms with E-state index < -0.39 is 0 Å². The van der Waals surface area contributed by atoms with Crippen LogP contribution in [0, 0.1) is 11.8 Å². The molecule has 1 amide bonds. The van der Waals surface area contributed by atoms with E-state index in [1.165, 1.54) is 19.4 Å². The normalized spacial score (nSPS) is 27.6. The molecule has 0 spiro atoms. The summed E-state index contributed by atoms with van der Waals surface area (Å²) < 4.78 is 0. The molecule has 0 aromatic heterocycles. The number of piperidine rings is 1. The Morgan fingerprint density at radius 3 is 2.65 bits per heavy atom. The van der Waals surface area contributed by atoms with Crippen molar-refractivity contribution in [3.63, 3.8) is 0 Å². The second-order valence-corrected chi connectivity index (χ2v) is 8.09. The first kappa shape index (κ1) is 23.5. The van der Waals surface area contributed by atoms with E-state index >= 15 is 0 Å². The van der Waals surface area contributed by atoms with E-state index in [0.29, 0.717) is 12.0 Å². The van der Waals surface area contributed by atoms with Gasteiger partial charge < -0.3 is 20.9 Å². The third-order valence-corrected chi connectivity index (χ3v) is 5.32. The molecule has 0 aromatic rings. The Morgan fingerprint density at radius 2 is 2.00 bits per heavy atom. The summed E-state index contributed by atoms with van der Waals surface area (Å²) >= 11 is 0. The molecular weight excluding hydrogens is 441 g/mol. The quantitative estimate of drug-likeness (QED) is 0.321. The first-order chi connectivity index (χ1) is 12.0. The summed E-state index contributed by atoms with van der Waals surface area (Å²) in [6.45, 7) is 7.38. The van der Waals surface area contributed by atoms with Crippen molar-refractivity contribution < 1.29 is 4.79 Å². The van der Waals surface area contributed by atoms with Gasteiger partial charge in [0.15, 0.2) is 5.96 Å². The molecule has 0 aromatic carbocycles. The van der Waals surface area contributed by atoms with Gasteiger partial charge in [0.1, 0.15) is 0 Å². The van der Waals surface area contributed by atoms with E-state index in [1.54, 1.807) is 0 Å². The van der Waals surface area contributed by atoms with Gasteiger partial charge in [0, 0.05) is 38.1 Å². The summed E-state index contributed by atoms with van der Waals surface area (Å²) in [5.74, 6) is 1.89. The number of hydrogen-bond donors (Lipinski definition) is 3. The largest absolute Gasteiger partial charge is 0.356 e. The maximum atomic E-state index is 12.3. The molecule has 152 valence electrons. The fourth-order valence-electron chi connectivity index (χ4n) is 4.03. The van der Waals surface area contributed by atoms with Gasteiger partial charge in [0.25, 0.3) is 0 Å². The molecule has 3 atom stereocenters. The Hall–Kier alpha value is -0.570. The Bertz CT molecular complexity index is 457. The van der Waals surface area contributed by atoms with Crippen LogP contribution in [0.25, 0.3) is 0 Å². The van der Waals surface area contributed by atoms with Gasteiger partial charge in [0.05, 0.1) is 0 Å². The van der Waals surface area contributed by atoms with Gasteiger partial charge in [-0.15, -0.1) is 24.0 Å². The van der Waals surface area contributed by atoms with Crippen LogP contribution < -0.4 is 16.0 Å². The van der Waals surface area contributed by atoms with Gasteiger partial charge in [0.2, 0.25) is 5.91 Å². The molecule has 3 N–H and O–H groups in total. The Morgan fingerprint density at radius 1 is 1.23 bits per heavy atom. The van der Waals surface area contributed by atoms with Crippen LogP contribution in [0.4, 0.5) is 0 Å². The fourth-order valence-corrected chi connectivity index (χ4v) is 4.03. The lowest BCUT2D eigenvalue weighted by molar-refractivity contribution is -0.126. The molecule has 6 nitrogen and oxygen atoms in total. The number of rotatable bonds is 5. The average molecular weight is 479 g/mol. The minimum Gasteiger partial charge on any atom is -0.356 e. The van der Waals surface area contributed by atoms with Gasteiger partial charge in [-0.25, -0.2) is 0 Å². The number of amides is 1. The predicted molar refractivity (Wildman–Crippen MR) is 119 cm³/mol. The number of likely N-dealkylation sites (tertiary alicyclic amines) is 1. The van der Waals surface area contributed by atoms with Crippen molar-refractivity contribution in [2.45, 2.75) is 64.5 Å². The van der Waals surface area contributed by atoms with Crippen molar-refractivity contribution in [2.75, 3.05) is 33.7 Å². The molecule has 7 heteroatoms. The van der Waals surface area contributed by atoms with E-state index in [1.807, 2.05) is 20.9 Å². The summed E-state index contributed by atoms with van der Waals surface area (Å²) in [5.41, 5.74) is 0. The number of aliphatic imine (C=N–C) groups is 1. The third kappa shape index (κ3) is 7.98. The zero-order chi connectivity index (χ0) is 18.2. The van der Waals surface area contributed by atoms with E-state index in [9.17, 15) is 4.79 Å². The summed E-state index contributed by atoms with van der Waals surface area (Å²) in [5, 5.41) is 10.1. The predicted octanol–water partition coefficient (Wildman–Crippen LogP) is 2.19. The molecule has 1 saturated carbocycles. The summed E-state index contributed by atoms with van der Waals surface area (Å²) in [6, 6.07) is 0.542. The Labute approximate surface area is 176 Å². The van der Waals surface area contributed by atoms with Crippen molar-refractivity contribution in [3.8, 4) is 0 Å². The van der Waals surface area contributed by atoms with Crippen LogP contribution in [-0.2, 0) is 4.79 Å². The van der Waals surface area contributed by atoms with Crippen molar-refractivity contribution in [1.82, 2.24) is 20.9 Å². The molecule has 1 aliphatic carbocycles. The van der Waals surface area contributed by atoms with E-state index in [0.717, 1.165) is 44.7 Å². The zero-order valence-corrected chi connectivity index (χ0v) is 19.2. The smallest absolute Gasteiger partial charge is 0.223 e. The van der Waals surface area contributed by atoms with E-state index in [2.05, 4.69) is 32.9 Å². The highest BCUT2D eigenvalue weighted by Crippen LogP contribution is 2.24. The molecule has 26 heavy (non-hydrogen) atoms. The molecule has 1 saturated heterocycles. The second-order valence-electron chi connectivity index (χ2n) is 8.09. The summed E-state index contributed by atoms with van der Waals surface area (Å²) in [6.07, 6.45) is 6.67. The fraction of sp³-hybridized carbons (Fsp3) is 0.895. The SMILES string of the molecule is CN=C(NCC1CCCN(C)C1)NC1CCCC(C(=O)NC(C)C)C1.I. The number of hydrogen-bond acceptors (Lipinski definition) is 3. The van der Waals surface area contributed by atoms with E-state index in [4.69, 9.17) is 0 Å². The number of nitrogens with one attached hydrogen (secondary N) is 3. The van der Waals surface area contributed by atoms with Crippen LogP contribution in [0.2, 0.25) is 0 Å². The molecule has 2 aliphatic rings. The number of nitrogens with zero attached hydrogens (tertiary/aromatic N) is 2. The average Bonchev–Trinajstić information content (AvgIpc) is 2.58. The first-order valence-corrected chi connectivity index (χ1v) is 9.94.